The number of alkyl halides is 3. The van der Waals surface area contributed by atoms with Crippen LogP contribution in [0.4, 0.5) is 19.0 Å². The van der Waals surface area contributed by atoms with Gasteiger partial charge in [0.05, 0.1) is 6.04 Å². The first-order chi connectivity index (χ1) is 9.08. The second-order valence-corrected chi connectivity index (χ2v) is 4.02. The summed E-state index contributed by atoms with van der Waals surface area (Å²) in [5.74, 6) is 0.0775. The Balaban J connectivity index is 2.09. The molecule has 0 bridgehead atoms. The minimum Gasteiger partial charge on any atom is -0.335 e. The number of hydrogen-bond acceptors (Lipinski definition) is 3. The summed E-state index contributed by atoms with van der Waals surface area (Å²) >= 11 is 0. The van der Waals surface area contributed by atoms with E-state index in [1.807, 2.05) is 24.4 Å². The molecule has 2 heterocycles. The molecule has 0 fully saturated rings. The molecular weight excluding hydrogens is 257 g/mol. The lowest BCUT2D eigenvalue weighted by atomic mass is 10.1. The first-order valence-electron chi connectivity index (χ1n) is 5.72. The predicted molar refractivity (Wildman–Crippen MR) is 64.8 cm³/mol. The molecule has 0 aliphatic heterocycles. The second-order valence-electron chi connectivity index (χ2n) is 4.02. The number of hydrogen-bond donors (Lipinski definition) is 1. The zero-order valence-corrected chi connectivity index (χ0v) is 10.2. The van der Waals surface area contributed by atoms with Gasteiger partial charge < -0.3 is 5.32 Å². The van der Waals surface area contributed by atoms with Crippen molar-refractivity contribution in [2.24, 2.45) is 0 Å². The average Bonchev–Trinajstić information content (AvgIpc) is 2.87. The normalized spacial score (nSPS) is 14.4. The Labute approximate surface area is 108 Å². The molecule has 0 aliphatic carbocycles. The quantitative estimate of drug-likeness (QED) is 0.849. The molecule has 0 aliphatic rings. The van der Waals surface area contributed by atoms with Crippen molar-refractivity contribution in [1.29, 1.82) is 0 Å². The summed E-state index contributed by atoms with van der Waals surface area (Å²) in [5, 5.41) is 6.03. The number of pyridine rings is 1. The maximum absolute atomic E-state index is 12.8. The number of nitrogens with one attached hydrogen (secondary N) is 1. The van der Waals surface area contributed by atoms with E-state index in [1.165, 1.54) is 6.07 Å². The zero-order chi connectivity index (χ0) is 13.8. The van der Waals surface area contributed by atoms with Crippen LogP contribution < -0.4 is 5.32 Å². The van der Waals surface area contributed by atoms with Gasteiger partial charge in [-0.25, -0.2) is 13.2 Å². The fourth-order valence-electron chi connectivity index (χ4n) is 1.63. The molecule has 0 saturated carbocycles. The topological polar surface area (TPSA) is 42.7 Å². The third-order valence-corrected chi connectivity index (χ3v) is 2.70. The van der Waals surface area contributed by atoms with Gasteiger partial charge in [-0.15, -0.1) is 0 Å². The molecule has 2 rings (SSSR count). The highest BCUT2D eigenvalue weighted by atomic mass is 19.3. The number of aromatic nitrogens is 3. The van der Waals surface area contributed by atoms with Crippen molar-refractivity contribution < 1.29 is 13.2 Å². The number of rotatable bonds is 5. The summed E-state index contributed by atoms with van der Waals surface area (Å²) < 4.78 is 38.5. The van der Waals surface area contributed by atoms with Gasteiger partial charge in [0, 0.05) is 24.7 Å². The Bertz CT molecular complexity index is 515. The molecule has 0 aromatic carbocycles. The first-order valence-corrected chi connectivity index (χ1v) is 5.72. The van der Waals surface area contributed by atoms with E-state index in [-0.39, 0.29) is 11.9 Å². The van der Waals surface area contributed by atoms with E-state index in [2.05, 4.69) is 10.1 Å². The van der Waals surface area contributed by atoms with Crippen LogP contribution in [0, 0.1) is 0 Å². The predicted octanol–water partition coefficient (Wildman–Crippen LogP) is 2.86. The summed E-state index contributed by atoms with van der Waals surface area (Å²) in [7, 11) is 0. The molecule has 0 radical (unpaired) electrons. The number of halogens is 3. The molecule has 19 heavy (non-hydrogen) atoms. The van der Waals surface area contributed by atoms with Crippen molar-refractivity contribution in [1.82, 2.24) is 14.8 Å². The first kappa shape index (κ1) is 13.4. The summed E-state index contributed by atoms with van der Waals surface area (Å²) in [5.41, 5.74) is 0.968. The minimum atomic E-state index is -3.08. The smallest absolute Gasteiger partial charge is 0.287 e. The molecule has 4 nitrogen and oxygen atoms in total. The van der Waals surface area contributed by atoms with Gasteiger partial charge in [-0.2, -0.15) is 5.10 Å². The average molecular weight is 270 g/mol. The van der Waals surface area contributed by atoms with Gasteiger partial charge in [0.1, 0.15) is 5.82 Å². The van der Waals surface area contributed by atoms with E-state index in [0.29, 0.717) is 0 Å². The molecule has 7 heteroatoms. The highest BCUT2D eigenvalue weighted by molar-refractivity contribution is 5.33. The third kappa shape index (κ3) is 3.24. The van der Waals surface area contributed by atoms with Gasteiger partial charge in [0.15, 0.2) is 0 Å². The van der Waals surface area contributed by atoms with Crippen LogP contribution in [-0.2, 0) is 0 Å². The Hall–Kier alpha value is -2.05. The van der Waals surface area contributed by atoms with E-state index >= 15 is 0 Å². The highest BCUT2D eigenvalue weighted by Crippen LogP contribution is 2.18. The molecule has 2 unspecified atom stereocenters. The van der Waals surface area contributed by atoms with Gasteiger partial charge in [-0.05, 0) is 24.6 Å². The standard InChI is InChI=1S/C12H13F3N4/c1-8(9-2-5-16-6-3-9)19-7-4-10(18-19)17-12(15)11(13)14/h2-8,11-12H,1H3,(H,17,18). The molecule has 0 spiro atoms. The summed E-state index contributed by atoms with van der Waals surface area (Å²) in [6.07, 6.45) is -0.584. The second kappa shape index (κ2) is 5.73. The molecule has 102 valence electrons. The highest BCUT2D eigenvalue weighted by Gasteiger charge is 2.20. The van der Waals surface area contributed by atoms with Crippen LogP contribution in [0.2, 0.25) is 0 Å². The van der Waals surface area contributed by atoms with Gasteiger partial charge in [0.25, 0.3) is 6.43 Å². The summed E-state index contributed by atoms with van der Waals surface area (Å²) in [6, 6.07) is 5.02. The van der Waals surface area contributed by atoms with E-state index in [4.69, 9.17) is 0 Å². The Morgan fingerprint density at radius 3 is 2.47 bits per heavy atom. The van der Waals surface area contributed by atoms with Crippen LogP contribution >= 0.6 is 0 Å². The fraction of sp³-hybridized carbons (Fsp3) is 0.333. The van der Waals surface area contributed by atoms with Crippen LogP contribution in [-0.4, -0.2) is 27.5 Å². The molecule has 2 aromatic heterocycles. The van der Waals surface area contributed by atoms with Crippen molar-refractivity contribution >= 4 is 5.82 Å². The molecule has 1 N–H and O–H groups in total. The molecule has 2 atom stereocenters. The van der Waals surface area contributed by atoms with Crippen molar-refractivity contribution in [3.63, 3.8) is 0 Å². The minimum absolute atomic E-state index is 0.0775. The van der Waals surface area contributed by atoms with Crippen molar-refractivity contribution in [2.75, 3.05) is 5.32 Å². The Morgan fingerprint density at radius 1 is 1.16 bits per heavy atom. The molecule has 0 amide bonds. The Morgan fingerprint density at radius 2 is 1.84 bits per heavy atom. The van der Waals surface area contributed by atoms with Gasteiger partial charge in [-0.3, -0.25) is 9.67 Å². The molecular formula is C12H13F3N4. The van der Waals surface area contributed by atoms with E-state index in [9.17, 15) is 13.2 Å². The van der Waals surface area contributed by atoms with Gasteiger partial charge in [-0.1, -0.05) is 0 Å². The maximum atomic E-state index is 12.8. The van der Waals surface area contributed by atoms with E-state index < -0.39 is 12.7 Å². The van der Waals surface area contributed by atoms with Gasteiger partial charge in [0.2, 0.25) is 6.30 Å². The van der Waals surface area contributed by atoms with Crippen molar-refractivity contribution in [2.45, 2.75) is 25.7 Å². The SMILES string of the molecule is CC(c1ccncc1)n1ccc(NC(F)C(F)F)n1. The monoisotopic (exact) mass is 270 g/mol. The third-order valence-electron chi connectivity index (χ3n) is 2.70. The molecule has 2 aromatic rings. The number of anilines is 1. The Kier molecular flexibility index (Phi) is 4.03. The lowest BCUT2D eigenvalue weighted by Gasteiger charge is -2.12. The maximum Gasteiger partial charge on any atom is 0.287 e. The van der Waals surface area contributed by atoms with E-state index in [0.717, 1.165) is 5.56 Å². The van der Waals surface area contributed by atoms with Crippen LogP contribution in [0.15, 0.2) is 36.8 Å². The van der Waals surface area contributed by atoms with Crippen LogP contribution in [0.3, 0.4) is 0 Å². The van der Waals surface area contributed by atoms with Crippen molar-refractivity contribution in [3.05, 3.63) is 42.4 Å². The van der Waals surface area contributed by atoms with Crippen molar-refractivity contribution in [3.8, 4) is 0 Å². The van der Waals surface area contributed by atoms with Crippen LogP contribution in [0.1, 0.15) is 18.5 Å². The number of nitrogens with zero attached hydrogens (tertiary/aromatic N) is 3. The van der Waals surface area contributed by atoms with Gasteiger partial charge >= 0.3 is 0 Å². The molecule has 0 saturated heterocycles. The lowest BCUT2D eigenvalue weighted by molar-refractivity contribution is 0.0648. The van der Waals surface area contributed by atoms with Crippen LogP contribution in [0.25, 0.3) is 0 Å². The summed E-state index contributed by atoms with van der Waals surface area (Å²) in [4.78, 5) is 3.91. The van der Waals surface area contributed by atoms with E-state index in [1.54, 1.807) is 23.3 Å². The van der Waals surface area contributed by atoms with Crippen LogP contribution in [0.5, 0.6) is 0 Å². The largest absolute Gasteiger partial charge is 0.335 e. The zero-order valence-electron chi connectivity index (χ0n) is 10.2. The fourth-order valence-corrected chi connectivity index (χ4v) is 1.63. The lowest BCUT2D eigenvalue weighted by Crippen LogP contribution is -2.22. The summed E-state index contributed by atoms with van der Waals surface area (Å²) in [6.45, 7) is 1.89.